The molecule has 3 aromatic rings. The predicted molar refractivity (Wildman–Crippen MR) is 132 cm³/mol. The van der Waals surface area contributed by atoms with E-state index in [0.717, 1.165) is 24.0 Å². The van der Waals surface area contributed by atoms with Gasteiger partial charge in [0.05, 0.1) is 14.2 Å². The number of phenols is 1. The van der Waals surface area contributed by atoms with Crippen LogP contribution in [0, 0.1) is 6.92 Å². The van der Waals surface area contributed by atoms with Crippen LogP contribution in [0.2, 0.25) is 0 Å². The molecule has 1 aromatic heterocycles. The van der Waals surface area contributed by atoms with E-state index in [-0.39, 0.29) is 29.7 Å². The first kappa shape index (κ1) is 23.7. The van der Waals surface area contributed by atoms with Crippen molar-refractivity contribution in [2.24, 2.45) is 4.99 Å². The molecule has 0 aliphatic rings. The smallest absolute Gasteiger partial charge is 0.200 e. The van der Waals surface area contributed by atoms with Crippen LogP contribution in [0.3, 0.4) is 0 Å². The first-order valence-corrected chi connectivity index (χ1v) is 9.51. The summed E-state index contributed by atoms with van der Waals surface area (Å²) in [5, 5.41) is 17.9. The lowest BCUT2D eigenvalue weighted by Gasteiger charge is -2.14. The number of aryl methyl sites for hydroxylation is 1. The molecule has 0 atom stereocenters. The second-order valence-corrected chi connectivity index (χ2v) is 6.76. The zero-order valence-corrected chi connectivity index (χ0v) is 20.0. The van der Waals surface area contributed by atoms with Crippen molar-refractivity contribution in [3.63, 3.8) is 0 Å². The number of guanidine groups is 1. The van der Waals surface area contributed by atoms with Gasteiger partial charge in [-0.3, -0.25) is 4.99 Å². The Balaban J connectivity index is 0.00000320. The lowest BCUT2D eigenvalue weighted by Crippen LogP contribution is -2.37. The Hall–Kier alpha value is -2.62. The van der Waals surface area contributed by atoms with Crippen molar-refractivity contribution in [1.82, 2.24) is 15.6 Å². The molecule has 0 spiro atoms. The van der Waals surface area contributed by atoms with Crippen molar-refractivity contribution in [2.45, 2.75) is 19.9 Å². The molecule has 162 valence electrons. The molecule has 0 amide bonds. The molecule has 3 rings (SSSR count). The fourth-order valence-corrected chi connectivity index (χ4v) is 3.42. The molecule has 1 heterocycles. The first-order valence-electron chi connectivity index (χ1n) is 9.51. The molecular weight excluding hydrogens is 495 g/mol. The fourth-order valence-electron chi connectivity index (χ4n) is 3.42. The number of aromatic amines is 1. The van der Waals surface area contributed by atoms with Gasteiger partial charge in [-0.1, -0.05) is 12.1 Å². The molecule has 7 nitrogen and oxygen atoms in total. The molecule has 0 aliphatic heterocycles. The van der Waals surface area contributed by atoms with Crippen molar-refractivity contribution < 1.29 is 14.6 Å². The summed E-state index contributed by atoms with van der Waals surface area (Å²) in [6.07, 6.45) is 2.96. The van der Waals surface area contributed by atoms with Crippen molar-refractivity contribution in [2.75, 3.05) is 27.8 Å². The van der Waals surface area contributed by atoms with Crippen molar-refractivity contribution in [3.8, 4) is 17.2 Å². The highest BCUT2D eigenvalue weighted by molar-refractivity contribution is 14.0. The number of aromatic hydroxyl groups is 1. The van der Waals surface area contributed by atoms with E-state index < -0.39 is 0 Å². The zero-order valence-electron chi connectivity index (χ0n) is 17.7. The number of ether oxygens (including phenoxy) is 2. The van der Waals surface area contributed by atoms with Crippen molar-refractivity contribution >= 4 is 40.8 Å². The van der Waals surface area contributed by atoms with Crippen molar-refractivity contribution in [3.05, 3.63) is 53.2 Å². The number of benzene rings is 2. The fraction of sp³-hybridized carbons (Fsp3) is 0.318. The maximum absolute atomic E-state index is 10.0. The lowest BCUT2D eigenvalue weighted by atomic mass is 10.1. The third-order valence-corrected chi connectivity index (χ3v) is 4.91. The van der Waals surface area contributed by atoms with Crippen LogP contribution in [0.5, 0.6) is 17.2 Å². The summed E-state index contributed by atoms with van der Waals surface area (Å²) in [5.74, 6) is 1.44. The number of hydrogen-bond donors (Lipinski definition) is 4. The van der Waals surface area contributed by atoms with Gasteiger partial charge in [-0.2, -0.15) is 0 Å². The first-order chi connectivity index (χ1) is 14.1. The minimum atomic E-state index is -0.00437. The summed E-state index contributed by atoms with van der Waals surface area (Å²) in [5.41, 5.74) is 4.63. The number of phenolic OH excluding ortho intramolecular Hbond substituents is 1. The molecule has 8 heteroatoms. The molecular formula is C22H29IN4O3. The molecule has 2 aromatic carbocycles. The Bertz CT molecular complexity index is 992. The highest BCUT2D eigenvalue weighted by Gasteiger charge is 2.11. The SMILES string of the molecule is CN=C(NCCc1c[nH]c2cccc(C)c12)NCc1cc(OC)c(O)c(OC)c1.I. The van der Waals surface area contributed by atoms with E-state index in [0.29, 0.717) is 24.0 Å². The molecule has 0 radical (unpaired) electrons. The number of hydrogen-bond acceptors (Lipinski definition) is 4. The van der Waals surface area contributed by atoms with Gasteiger partial charge in [0.15, 0.2) is 17.5 Å². The minimum absolute atomic E-state index is 0. The van der Waals surface area contributed by atoms with Gasteiger partial charge in [-0.25, -0.2) is 0 Å². The van der Waals surface area contributed by atoms with E-state index in [2.05, 4.69) is 51.9 Å². The monoisotopic (exact) mass is 524 g/mol. The van der Waals surface area contributed by atoms with E-state index in [1.165, 1.54) is 30.7 Å². The average Bonchev–Trinajstić information content (AvgIpc) is 3.15. The lowest BCUT2D eigenvalue weighted by molar-refractivity contribution is 0.339. The van der Waals surface area contributed by atoms with Crippen LogP contribution in [0.1, 0.15) is 16.7 Å². The maximum Gasteiger partial charge on any atom is 0.200 e. The highest BCUT2D eigenvalue weighted by Crippen LogP contribution is 2.37. The number of rotatable bonds is 7. The van der Waals surface area contributed by atoms with Gasteiger partial charge >= 0.3 is 0 Å². The number of halogens is 1. The van der Waals surface area contributed by atoms with Crippen LogP contribution in [0.15, 0.2) is 41.5 Å². The number of methoxy groups -OCH3 is 2. The second-order valence-electron chi connectivity index (χ2n) is 6.76. The van der Waals surface area contributed by atoms with Gasteiger partial charge in [0.1, 0.15) is 0 Å². The Morgan fingerprint density at radius 2 is 1.83 bits per heavy atom. The number of aromatic nitrogens is 1. The van der Waals surface area contributed by atoms with Gasteiger partial charge in [-0.05, 0) is 48.2 Å². The van der Waals surface area contributed by atoms with Gasteiger partial charge in [-0.15, -0.1) is 24.0 Å². The standard InChI is InChI=1S/C22H28N4O3.HI/c1-14-6-5-7-17-20(14)16(13-25-17)8-9-24-22(23-2)26-12-15-10-18(28-3)21(27)19(11-15)29-4;/h5-7,10-11,13,25,27H,8-9,12H2,1-4H3,(H2,23,24,26);1H. The van der Waals surface area contributed by atoms with Gasteiger partial charge in [0.2, 0.25) is 5.75 Å². The third-order valence-electron chi connectivity index (χ3n) is 4.91. The van der Waals surface area contributed by atoms with Gasteiger partial charge in [0.25, 0.3) is 0 Å². The number of nitrogens with zero attached hydrogens (tertiary/aromatic N) is 1. The maximum atomic E-state index is 10.0. The summed E-state index contributed by atoms with van der Waals surface area (Å²) in [6, 6.07) is 9.84. The van der Waals surface area contributed by atoms with Crippen LogP contribution in [-0.4, -0.2) is 43.9 Å². The third kappa shape index (κ3) is 5.29. The minimum Gasteiger partial charge on any atom is -0.502 e. The summed E-state index contributed by atoms with van der Waals surface area (Å²) in [6.45, 7) is 3.40. The zero-order chi connectivity index (χ0) is 20.8. The normalized spacial score (nSPS) is 11.1. The summed E-state index contributed by atoms with van der Waals surface area (Å²) in [7, 11) is 4.76. The Kier molecular flexibility index (Phi) is 8.64. The molecule has 0 saturated carbocycles. The van der Waals surface area contributed by atoms with Crippen LogP contribution >= 0.6 is 24.0 Å². The molecule has 30 heavy (non-hydrogen) atoms. The van der Waals surface area contributed by atoms with Crippen LogP contribution in [0.4, 0.5) is 0 Å². The predicted octanol–water partition coefficient (Wildman–Crippen LogP) is 3.72. The number of H-pyrrole nitrogens is 1. The van der Waals surface area contributed by atoms with Crippen molar-refractivity contribution in [1.29, 1.82) is 0 Å². The van der Waals surface area contributed by atoms with E-state index in [9.17, 15) is 5.11 Å². The summed E-state index contributed by atoms with van der Waals surface area (Å²) >= 11 is 0. The molecule has 0 saturated heterocycles. The van der Waals surface area contributed by atoms with Gasteiger partial charge in [0, 0.05) is 37.2 Å². The molecule has 4 N–H and O–H groups in total. The van der Waals surface area contributed by atoms with Gasteiger partial charge < -0.3 is 30.2 Å². The average molecular weight is 524 g/mol. The molecule has 0 bridgehead atoms. The Labute approximate surface area is 193 Å². The van der Waals surface area contributed by atoms with E-state index in [4.69, 9.17) is 9.47 Å². The van der Waals surface area contributed by atoms with Crippen LogP contribution in [0.25, 0.3) is 10.9 Å². The second kappa shape index (κ2) is 11.0. The largest absolute Gasteiger partial charge is 0.502 e. The molecule has 0 fully saturated rings. The summed E-state index contributed by atoms with van der Waals surface area (Å²) in [4.78, 5) is 7.62. The highest BCUT2D eigenvalue weighted by atomic mass is 127. The molecule has 0 aliphatic carbocycles. The number of nitrogens with one attached hydrogen (secondary N) is 3. The topological polar surface area (TPSA) is 90.9 Å². The summed E-state index contributed by atoms with van der Waals surface area (Å²) < 4.78 is 10.4. The Morgan fingerprint density at radius 1 is 1.13 bits per heavy atom. The molecule has 0 unspecified atom stereocenters. The van der Waals surface area contributed by atoms with E-state index in [1.54, 1.807) is 19.2 Å². The number of aliphatic imine (C=N–C) groups is 1. The van der Waals surface area contributed by atoms with Crippen LogP contribution in [-0.2, 0) is 13.0 Å². The van der Waals surface area contributed by atoms with E-state index in [1.807, 2.05) is 0 Å². The Morgan fingerprint density at radius 3 is 2.47 bits per heavy atom. The van der Waals surface area contributed by atoms with E-state index >= 15 is 0 Å². The number of fused-ring (bicyclic) bond motifs is 1. The van der Waals surface area contributed by atoms with Crippen LogP contribution < -0.4 is 20.1 Å². The quantitative estimate of drug-likeness (QED) is 0.215.